The lowest BCUT2D eigenvalue weighted by atomic mass is 9.84. The van der Waals surface area contributed by atoms with Gasteiger partial charge in [0, 0.05) is 0 Å². The van der Waals surface area contributed by atoms with Gasteiger partial charge in [-0.25, -0.2) is 4.79 Å². The van der Waals surface area contributed by atoms with Crippen LogP contribution in [0.5, 0.6) is 0 Å². The molecule has 0 radical (unpaired) electrons. The highest BCUT2D eigenvalue weighted by Gasteiger charge is 2.43. The molecular weight excluding hydrogens is 412 g/mol. The number of benzene rings is 2. The van der Waals surface area contributed by atoms with E-state index in [0.29, 0.717) is 5.56 Å². The third-order valence-electron chi connectivity index (χ3n) is 4.27. The van der Waals surface area contributed by atoms with E-state index >= 15 is 0 Å². The molecule has 0 saturated carbocycles. The molecule has 2 aromatic carbocycles. The maximum absolute atomic E-state index is 11.7. The normalized spacial score (nSPS) is 20.9. The Balaban J connectivity index is 1.81. The first-order valence-electron chi connectivity index (χ1n) is 6.89. The van der Waals surface area contributed by atoms with Crippen molar-refractivity contribution >= 4 is 37.8 Å². The predicted molar refractivity (Wildman–Crippen MR) is 89.6 cm³/mol. The Labute approximate surface area is 144 Å². The number of carbonyl (C=O) groups excluding carboxylic acids is 1. The summed E-state index contributed by atoms with van der Waals surface area (Å²) in [5.41, 5.74) is 6.33. The number of hydrogen-bond donors (Lipinski definition) is 0. The zero-order valence-electron chi connectivity index (χ0n) is 11.7. The fourth-order valence-electron chi connectivity index (χ4n) is 3.24. The summed E-state index contributed by atoms with van der Waals surface area (Å²) in [7, 11) is 1.39. The number of esters is 1. The van der Waals surface area contributed by atoms with Gasteiger partial charge in [-0.05, 0) is 39.9 Å². The van der Waals surface area contributed by atoms with Crippen LogP contribution in [0.2, 0.25) is 0 Å². The minimum atomic E-state index is -0.319. The Bertz CT molecular complexity index is 785. The van der Waals surface area contributed by atoms with Gasteiger partial charge < -0.3 is 9.47 Å². The first-order valence-corrected chi connectivity index (χ1v) is 8.73. The van der Waals surface area contributed by atoms with Gasteiger partial charge in [0.1, 0.15) is 12.2 Å². The molecule has 2 atom stereocenters. The van der Waals surface area contributed by atoms with Crippen molar-refractivity contribution in [3.8, 4) is 0 Å². The largest absolute Gasteiger partial charge is 0.465 e. The molecule has 0 aromatic heterocycles. The fraction of sp³-hybridized carbons (Fsp3) is 0.235. The Hall–Kier alpha value is -1.17. The lowest BCUT2D eigenvalue weighted by molar-refractivity contribution is 0.0600. The highest BCUT2D eigenvalue weighted by molar-refractivity contribution is 9.24. The zero-order chi connectivity index (χ0) is 15.4. The van der Waals surface area contributed by atoms with E-state index < -0.39 is 0 Å². The molecule has 3 nitrogen and oxygen atoms in total. The third kappa shape index (κ3) is 1.99. The monoisotopic (exact) mass is 422 g/mol. The van der Waals surface area contributed by atoms with Gasteiger partial charge in [0.15, 0.2) is 0 Å². The number of methoxy groups -OCH3 is 1. The second kappa shape index (κ2) is 5.18. The first-order chi connectivity index (χ1) is 10.6. The van der Waals surface area contributed by atoms with Crippen molar-refractivity contribution in [1.82, 2.24) is 0 Å². The van der Waals surface area contributed by atoms with Crippen LogP contribution in [0.15, 0.2) is 36.4 Å². The number of hydrogen-bond acceptors (Lipinski definition) is 3. The van der Waals surface area contributed by atoms with Gasteiger partial charge in [0.25, 0.3) is 0 Å². The second-order valence-electron chi connectivity index (χ2n) is 5.42. The fourth-order valence-corrected chi connectivity index (χ4v) is 3.81. The van der Waals surface area contributed by atoms with Crippen LogP contribution in [0.25, 0.3) is 0 Å². The molecule has 5 heteroatoms. The van der Waals surface area contributed by atoms with Crippen LogP contribution in [0.4, 0.5) is 0 Å². The molecule has 0 unspecified atom stereocenters. The molecule has 0 aliphatic carbocycles. The average Bonchev–Trinajstić information content (AvgIpc) is 3.10. The lowest BCUT2D eigenvalue weighted by Crippen LogP contribution is -2.07. The zero-order valence-corrected chi connectivity index (χ0v) is 14.8. The number of alkyl halides is 2. The minimum absolute atomic E-state index is 0.0279. The Kier molecular flexibility index (Phi) is 3.40. The summed E-state index contributed by atoms with van der Waals surface area (Å²) < 4.78 is 11.1. The van der Waals surface area contributed by atoms with Gasteiger partial charge in [-0.15, -0.1) is 0 Å². The van der Waals surface area contributed by atoms with Crippen LogP contribution in [0.3, 0.4) is 0 Å². The molecule has 2 aromatic rings. The van der Waals surface area contributed by atoms with Gasteiger partial charge in [0.2, 0.25) is 0 Å². The van der Waals surface area contributed by atoms with E-state index in [9.17, 15) is 4.79 Å². The van der Waals surface area contributed by atoms with E-state index in [1.165, 1.54) is 18.2 Å². The molecule has 0 saturated heterocycles. The maximum atomic E-state index is 11.7. The van der Waals surface area contributed by atoms with Crippen molar-refractivity contribution in [2.45, 2.75) is 15.9 Å². The average molecular weight is 424 g/mol. The molecule has 2 aliphatic heterocycles. The summed E-state index contributed by atoms with van der Waals surface area (Å²) in [4.78, 5) is 11.7. The van der Waals surface area contributed by atoms with Crippen LogP contribution < -0.4 is 0 Å². The summed E-state index contributed by atoms with van der Waals surface area (Å²) in [5.74, 6) is -0.319. The molecular formula is C17H12Br2O3. The van der Waals surface area contributed by atoms with Gasteiger partial charge >= 0.3 is 5.97 Å². The summed E-state index contributed by atoms with van der Waals surface area (Å²) >= 11 is 7.06. The number of halogens is 2. The summed E-state index contributed by atoms with van der Waals surface area (Å²) in [5, 5.41) is 0. The Morgan fingerprint density at radius 2 is 1.68 bits per heavy atom. The summed E-state index contributed by atoms with van der Waals surface area (Å²) in [6.07, 6.45) is -0.127. The Morgan fingerprint density at radius 1 is 1.05 bits per heavy atom. The maximum Gasteiger partial charge on any atom is 0.337 e. The SMILES string of the molecule is COC(=O)c1ccc2c(c1)[C@@H]1O[C@H]2c2ccc(C(Br)Br)cc21. The van der Waals surface area contributed by atoms with E-state index in [-0.39, 0.29) is 21.9 Å². The Morgan fingerprint density at radius 3 is 2.36 bits per heavy atom. The van der Waals surface area contributed by atoms with Crippen molar-refractivity contribution in [2.24, 2.45) is 0 Å². The lowest BCUT2D eigenvalue weighted by Gasteiger charge is -2.17. The summed E-state index contributed by atoms with van der Waals surface area (Å²) in [6, 6.07) is 12.0. The molecule has 22 heavy (non-hydrogen) atoms. The third-order valence-corrected chi connectivity index (χ3v) is 5.33. The summed E-state index contributed by atoms with van der Waals surface area (Å²) in [6.45, 7) is 0. The van der Waals surface area contributed by atoms with Crippen molar-refractivity contribution < 1.29 is 14.3 Å². The molecule has 2 bridgehead atoms. The van der Waals surface area contributed by atoms with E-state index in [4.69, 9.17) is 9.47 Å². The minimum Gasteiger partial charge on any atom is -0.465 e. The van der Waals surface area contributed by atoms with Crippen molar-refractivity contribution in [2.75, 3.05) is 7.11 Å². The van der Waals surface area contributed by atoms with Crippen LogP contribution in [0, 0.1) is 0 Å². The van der Waals surface area contributed by atoms with E-state index in [2.05, 4.69) is 50.1 Å². The highest BCUT2D eigenvalue weighted by atomic mass is 79.9. The quantitative estimate of drug-likeness (QED) is 0.514. The van der Waals surface area contributed by atoms with Crippen LogP contribution in [-0.2, 0) is 9.47 Å². The predicted octanol–water partition coefficient (Wildman–Crippen LogP) is 4.78. The number of ether oxygens (including phenoxy) is 2. The van der Waals surface area contributed by atoms with E-state index in [1.54, 1.807) is 6.07 Å². The van der Waals surface area contributed by atoms with Crippen LogP contribution in [-0.4, -0.2) is 13.1 Å². The van der Waals surface area contributed by atoms with Gasteiger partial charge in [-0.2, -0.15) is 0 Å². The van der Waals surface area contributed by atoms with Gasteiger partial charge in [-0.1, -0.05) is 56.1 Å². The van der Waals surface area contributed by atoms with Crippen molar-refractivity contribution in [3.63, 3.8) is 0 Å². The standard InChI is InChI=1S/C17H12Br2O3/c1-21-17(20)9-3-5-11-13(7-9)15-12-6-8(16(18)19)2-4-10(12)14(11)22-15/h2-7,14-16H,1H3/t14-,15+/m0/s1. The first kappa shape index (κ1) is 14.4. The molecule has 0 amide bonds. The number of rotatable bonds is 2. The second-order valence-corrected chi connectivity index (χ2v) is 8.48. The number of carbonyl (C=O) groups is 1. The molecule has 112 valence electrons. The van der Waals surface area contributed by atoms with Crippen molar-refractivity contribution in [3.05, 3.63) is 69.8 Å². The van der Waals surface area contributed by atoms with E-state index in [0.717, 1.165) is 16.7 Å². The van der Waals surface area contributed by atoms with E-state index in [1.807, 2.05) is 12.1 Å². The molecule has 2 aliphatic rings. The molecule has 0 N–H and O–H groups in total. The topological polar surface area (TPSA) is 35.5 Å². The van der Waals surface area contributed by atoms with Crippen LogP contribution in [0.1, 0.15) is 54.1 Å². The van der Waals surface area contributed by atoms with Crippen LogP contribution >= 0.6 is 31.9 Å². The molecule has 2 heterocycles. The smallest absolute Gasteiger partial charge is 0.337 e. The molecule has 0 fully saturated rings. The van der Waals surface area contributed by atoms with Gasteiger partial charge in [-0.3, -0.25) is 0 Å². The molecule has 4 rings (SSSR count). The molecule has 0 spiro atoms. The van der Waals surface area contributed by atoms with Gasteiger partial charge in [0.05, 0.1) is 16.4 Å². The number of fused-ring (bicyclic) bond motifs is 8. The van der Waals surface area contributed by atoms with Crippen molar-refractivity contribution in [1.29, 1.82) is 0 Å². The highest BCUT2D eigenvalue weighted by Crippen LogP contribution is 2.54.